The zero-order valence-corrected chi connectivity index (χ0v) is 17.9. The van der Waals surface area contributed by atoms with E-state index in [1.807, 2.05) is 6.21 Å². The number of allylic oxidation sites excluding steroid dienone is 3. The Kier molecular flexibility index (Phi) is 8.02. The molecule has 0 aliphatic carbocycles. The summed E-state index contributed by atoms with van der Waals surface area (Å²) in [4.78, 5) is 6.85. The van der Waals surface area contributed by atoms with Crippen LogP contribution >= 0.6 is 0 Å². The number of nitrogens with two attached hydrogens (primary N) is 1. The highest BCUT2D eigenvalue weighted by molar-refractivity contribution is 5.81. The largest absolute Gasteiger partial charge is 0.451 e. The summed E-state index contributed by atoms with van der Waals surface area (Å²) in [5, 5.41) is 3.35. The van der Waals surface area contributed by atoms with Crippen molar-refractivity contribution in [3.63, 3.8) is 0 Å². The summed E-state index contributed by atoms with van der Waals surface area (Å²) in [6, 6.07) is 6.99. The first kappa shape index (κ1) is 22.7. The summed E-state index contributed by atoms with van der Waals surface area (Å²) in [7, 11) is 0. The van der Waals surface area contributed by atoms with Gasteiger partial charge in [0.1, 0.15) is 5.75 Å². The number of hydrogen-bond acceptors (Lipinski definition) is 5. The van der Waals surface area contributed by atoms with Crippen LogP contribution in [0.1, 0.15) is 27.7 Å². The number of benzene rings is 1. The van der Waals surface area contributed by atoms with Crippen LogP contribution in [0.3, 0.4) is 0 Å². The molecule has 1 fully saturated rings. The third-order valence-electron chi connectivity index (χ3n) is 4.78. The Morgan fingerprint density at radius 1 is 1.31 bits per heavy atom. The zero-order chi connectivity index (χ0) is 21.4. The minimum atomic E-state index is -2.02. The summed E-state index contributed by atoms with van der Waals surface area (Å²) in [5.41, 5.74) is 9.17. The van der Waals surface area contributed by atoms with Gasteiger partial charge in [0.05, 0.1) is 17.6 Å². The second-order valence-electron chi connectivity index (χ2n) is 7.51. The second kappa shape index (κ2) is 10.3. The SMILES string of the molecule is C=C(C)C(F)(/C=C/C)Oc1ccc(N=C/C(=C(\N)C(C)C)N2CCNCC2)cc1. The molecule has 0 bridgehead atoms. The van der Waals surface area contributed by atoms with E-state index in [0.29, 0.717) is 5.75 Å². The number of rotatable bonds is 8. The van der Waals surface area contributed by atoms with Crippen molar-refractivity contribution >= 4 is 11.9 Å². The van der Waals surface area contributed by atoms with Crippen molar-refractivity contribution in [1.29, 1.82) is 0 Å². The average molecular weight is 401 g/mol. The van der Waals surface area contributed by atoms with Crippen LogP contribution in [0.25, 0.3) is 0 Å². The standard InChI is InChI=1S/C23H33FN4O/c1-6-11-23(24,18(4)5)29-20-9-7-19(8-10-20)27-16-21(22(25)17(2)3)28-14-12-26-13-15-28/h6-11,16-17,26H,4,12-15,25H2,1-3,5H3/b11-6+,22-21+,27-16?. The van der Waals surface area contributed by atoms with Gasteiger partial charge in [0.15, 0.2) is 0 Å². The normalized spacial score (nSPS) is 18.2. The Bertz CT molecular complexity index is 777. The molecule has 1 aliphatic rings. The fourth-order valence-electron chi connectivity index (χ4n) is 2.93. The quantitative estimate of drug-likeness (QED) is 0.504. The Morgan fingerprint density at radius 2 is 1.93 bits per heavy atom. The van der Waals surface area contributed by atoms with E-state index in [9.17, 15) is 4.39 Å². The van der Waals surface area contributed by atoms with Gasteiger partial charge in [0.25, 0.3) is 5.85 Å². The van der Waals surface area contributed by atoms with Crippen LogP contribution in [0, 0.1) is 5.92 Å². The molecule has 158 valence electrons. The maximum Gasteiger partial charge on any atom is 0.289 e. The van der Waals surface area contributed by atoms with Crippen LogP contribution in [0.15, 0.2) is 65.0 Å². The molecule has 0 radical (unpaired) electrons. The second-order valence-corrected chi connectivity index (χ2v) is 7.51. The van der Waals surface area contributed by atoms with Gasteiger partial charge in [-0.25, -0.2) is 0 Å². The van der Waals surface area contributed by atoms with Gasteiger partial charge in [-0.15, -0.1) is 0 Å². The molecule has 1 atom stereocenters. The highest BCUT2D eigenvalue weighted by atomic mass is 19.2. The predicted molar refractivity (Wildman–Crippen MR) is 119 cm³/mol. The highest BCUT2D eigenvalue weighted by Gasteiger charge is 2.29. The molecule has 1 unspecified atom stereocenters. The van der Waals surface area contributed by atoms with Crippen molar-refractivity contribution in [2.45, 2.75) is 33.5 Å². The molecule has 2 rings (SSSR count). The molecule has 29 heavy (non-hydrogen) atoms. The van der Waals surface area contributed by atoms with Crippen molar-refractivity contribution in [3.8, 4) is 5.75 Å². The van der Waals surface area contributed by atoms with E-state index in [0.717, 1.165) is 43.3 Å². The number of aliphatic imine (C=N–C) groups is 1. The molecule has 1 aromatic rings. The predicted octanol–water partition coefficient (Wildman–Crippen LogP) is 4.32. The number of halogens is 1. The van der Waals surface area contributed by atoms with Gasteiger partial charge in [-0.05, 0) is 55.7 Å². The Labute approximate surface area is 173 Å². The molecule has 0 saturated carbocycles. The van der Waals surface area contributed by atoms with Crippen LogP contribution in [0.5, 0.6) is 5.75 Å². The topological polar surface area (TPSA) is 62.9 Å². The van der Waals surface area contributed by atoms with E-state index < -0.39 is 5.85 Å². The van der Waals surface area contributed by atoms with Crippen molar-refractivity contribution in [1.82, 2.24) is 10.2 Å². The summed E-state index contributed by atoms with van der Waals surface area (Å²) >= 11 is 0. The van der Waals surface area contributed by atoms with Gasteiger partial charge in [-0.1, -0.05) is 26.5 Å². The summed E-state index contributed by atoms with van der Waals surface area (Å²) in [6.45, 7) is 14.8. The first-order chi connectivity index (χ1) is 13.8. The molecule has 1 heterocycles. The number of nitrogens with zero attached hydrogens (tertiary/aromatic N) is 2. The minimum Gasteiger partial charge on any atom is -0.451 e. The Morgan fingerprint density at radius 3 is 2.45 bits per heavy atom. The minimum absolute atomic E-state index is 0.230. The van der Waals surface area contributed by atoms with Gasteiger partial charge >= 0.3 is 0 Å². The van der Waals surface area contributed by atoms with E-state index in [2.05, 4.69) is 35.6 Å². The van der Waals surface area contributed by atoms with Gasteiger partial charge < -0.3 is 20.7 Å². The lowest BCUT2D eigenvalue weighted by Gasteiger charge is -2.31. The molecule has 1 saturated heterocycles. The first-order valence-electron chi connectivity index (χ1n) is 10.0. The van der Waals surface area contributed by atoms with Crippen molar-refractivity contribution in [2.24, 2.45) is 16.6 Å². The lowest BCUT2D eigenvalue weighted by Crippen LogP contribution is -2.44. The molecule has 1 aromatic carbocycles. The third kappa shape index (κ3) is 6.19. The van der Waals surface area contributed by atoms with E-state index in [-0.39, 0.29) is 11.5 Å². The summed E-state index contributed by atoms with van der Waals surface area (Å²) < 4.78 is 20.4. The van der Waals surface area contributed by atoms with E-state index in [1.54, 1.807) is 44.2 Å². The number of hydrogen-bond donors (Lipinski definition) is 2. The highest BCUT2D eigenvalue weighted by Crippen LogP contribution is 2.28. The van der Waals surface area contributed by atoms with E-state index in [1.165, 1.54) is 6.08 Å². The van der Waals surface area contributed by atoms with Crippen LogP contribution in [0.4, 0.5) is 10.1 Å². The smallest absolute Gasteiger partial charge is 0.289 e. The Hall–Kier alpha value is -2.60. The van der Waals surface area contributed by atoms with Gasteiger partial charge in [-0.2, -0.15) is 4.39 Å². The molecular weight excluding hydrogens is 367 g/mol. The maximum atomic E-state index is 14.9. The van der Waals surface area contributed by atoms with E-state index in [4.69, 9.17) is 10.5 Å². The van der Waals surface area contributed by atoms with Gasteiger partial charge in [0.2, 0.25) is 0 Å². The lowest BCUT2D eigenvalue weighted by molar-refractivity contribution is 0.0214. The van der Waals surface area contributed by atoms with Crippen LogP contribution in [-0.2, 0) is 0 Å². The van der Waals surface area contributed by atoms with Crippen LogP contribution in [0.2, 0.25) is 0 Å². The maximum absolute atomic E-state index is 14.9. The van der Waals surface area contributed by atoms with Crippen LogP contribution in [-0.4, -0.2) is 43.1 Å². The number of piperazine rings is 1. The monoisotopic (exact) mass is 400 g/mol. The van der Waals surface area contributed by atoms with Crippen molar-refractivity contribution < 1.29 is 9.13 Å². The summed E-state index contributed by atoms with van der Waals surface area (Å²) in [5.74, 6) is -1.38. The molecule has 3 N–H and O–H groups in total. The molecular formula is C23H33FN4O. The third-order valence-corrected chi connectivity index (χ3v) is 4.78. The number of ether oxygens (including phenoxy) is 1. The number of nitrogens with one attached hydrogen (secondary N) is 1. The molecule has 0 amide bonds. The molecule has 0 spiro atoms. The first-order valence-corrected chi connectivity index (χ1v) is 10.0. The lowest BCUT2D eigenvalue weighted by atomic mass is 10.1. The van der Waals surface area contributed by atoms with Crippen LogP contribution < -0.4 is 15.8 Å². The van der Waals surface area contributed by atoms with E-state index >= 15 is 0 Å². The fourth-order valence-corrected chi connectivity index (χ4v) is 2.93. The fraction of sp³-hybridized carbons (Fsp3) is 0.435. The van der Waals surface area contributed by atoms with Crippen molar-refractivity contribution in [3.05, 3.63) is 60.0 Å². The summed E-state index contributed by atoms with van der Waals surface area (Å²) in [6.07, 6.45) is 4.78. The van der Waals surface area contributed by atoms with Gasteiger partial charge in [-0.3, -0.25) is 4.99 Å². The van der Waals surface area contributed by atoms with Crippen molar-refractivity contribution in [2.75, 3.05) is 26.2 Å². The molecule has 5 nitrogen and oxygen atoms in total. The Balaban J connectivity index is 2.19. The zero-order valence-electron chi connectivity index (χ0n) is 17.9. The number of alkyl halides is 1. The van der Waals surface area contributed by atoms with Gasteiger partial charge in [0, 0.05) is 31.9 Å². The average Bonchev–Trinajstić information content (AvgIpc) is 2.70. The molecule has 0 aromatic heterocycles. The molecule has 6 heteroatoms. The molecule has 1 aliphatic heterocycles.